The van der Waals surface area contributed by atoms with Crippen molar-refractivity contribution in [1.29, 1.82) is 0 Å². The normalized spacial score (nSPS) is 10.5. The van der Waals surface area contributed by atoms with E-state index in [1.165, 1.54) is 11.3 Å². The number of aromatic nitrogens is 4. The first-order valence-electron chi connectivity index (χ1n) is 5.84. The SMILES string of the molecule is CN(c1ncccn1)c1nnc(-c2ccc(Br)cc2)s1. The zero-order chi connectivity index (χ0) is 13.9. The molecule has 0 saturated carbocycles. The second-order valence-electron chi connectivity index (χ2n) is 4.00. The van der Waals surface area contributed by atoms with Crippen LogP contribution < -0.4 is 4.90 Å². The predicted octanol–water partition coefficient (Wildman–Crippen LogP) is 3.53. The summed E-state index contributed by atoms with van der Waals surface area (Å²) in [4.78, 5) is 10.2. The van der Waals surface area contributed by atoms with Crippen molar-refractivity contribution >= 4 is 38.3 Å². The van der Waals surface area contributed by atoms with Gasteiger partial charge in [0, 0.05) is 29.5 Å². The van der Waals surface area contributed by atoms with E-state index in [0.29, 0.717) is 5.95 Å². The molecule has 0 N–H and O–H groups in total. The lowest BCUT2D eigenvalue weighted by molar-refractivity contribution is 0.993. The molecule has 20 heavy (non-hydrogen) atoms. The van der Waals surface area contributed by atoms with Crippen LogP contribution in [0.4, 0.5) is 11.1 Å². The third-order valence-corrected chi connectivity index (χ3v) is 4.22. The lowest BCUT2D eigenvalue weighted by Crippen LogP contribution is -2.12. The molecule has 0 saturated heterocycles. The molecule has 0 amide bonds. The summed E-state index contributed by atoms with van der Waals surface area (Å²) in [7, 11) is 1.88. The monoisotopic (exact) mass is 347 g/mol. The van der Waals surface area contributed by atoms with Gasteiger partial charge in [0.15, 0.2) is 0 Å². The Kier molecular flexibility index (Phi) is 3.70. The minimum absolute atomic E-state index is 0.603. The molecule has 0 spiro atoms. The molecule has 100 valence electrons. The van der Waals surface area contributed by atoms with Crippen LogP contribution in [0.25, 0.3) is 10.6 Å². The maximum atomic E-state index is 4.22. The fraction of sp³-hybridized carbons (Fsp3) is 0.0769. The number of anilines is 2. The fourth-order valence-corrected chi connectivity index (χ4v) is 2.68. The minimum Gasteiger partial charge on any atom is -0.288 e. The second kappa shape index (κ2) is 5.64. The Balaban J connectivity index is 1.89. The number of halogens is 1. The summed E-state index contributed by atoms with van der Waals surface area (Å²) in [6.07, 6.45) is 3.41. The highest BCUT2D eigenvalue weighted by atomic mass is 79.9. The molecule has 2 heterocycles. The van der Waals surface area contributed by atoms with Crippen LogP contribution in [0.2, 0.25) is 0 Å². The van der Waals surface area contributed by atoms with Crippen molar-refractivity contribution in [2.45, 2.75) is 0 Å². The van der Waals surface area contributed by atoms with Crippen LogP contribution in [0.15, 0.2) is 47.2 Å². The third-order valence-electron chi connectivity index (χ3n) is 2.64. The van der Waals surface area contributed by atoms with Gasteiger partial charge < -0.3 is 0 Å². The van der Waals surface area contributed by atoms with Crippen molar-refractivity contribution in [1.82, 2.24) is 20.2 Å². The summed E-state index contributed by atoms with van der Waals surface area (Å²) >= 11 is 4.92. The molecule has 0 atom stereocenters. The number of hydrogen-bond donors (Lipinski definition) is 0. The fourth-order valence-electron chi connectivity index (χ4n) is 1.61. The quantitative estimate of drug-likeness (QED) is 0.725. The van der Waals surface area contributed by atoms with Crippen LogP contribution in [0.5, 0.6) is 0 Å². The van der Waals surface area contributed by atoms with Crippen LogP contribution in [0.1, 0.15) is 0 Å². The molecule has 3 aromatic rings. The topological polar surface area (TPSA) is 54.8 Å². The van der Waals surface area contributed by atoms with Gasteiger partial charge in [-0.1, -0.05) is 39.4 Å². The molecule has 5 nitrogen and oxygen atoms in total. The van der Waals surface area contributed by atoms with Crippen LogP contribution in [0.3, 0.4) is 0 Å². The lowest BCUT2D eigenvalue weighted by atomic mass is 10.2. The molecule has 1 aromatic carbocycles. The Morgan fingerprint density at radius 2 is 1.75 bits per heavy atom. The maximum absolute atomic E-state index is 4.22. The van der Waals surface area contributed by atoms with Gasteiger partial charge >= 0.3 is 0 Å². The average molecular weight is 348 g/mol. The molecule has 0 unspecified atom stereocenters. The summed E-state index contributed by atoms with van der Waals surface area (Å²) in [5, 5.41) is 10.0. The third kappa shape index (κ3) is 2.68. The maximum Gasteiger partial charge on any atom is 0.231 e. The van der Waals surface area contributed by atoms with Gasteiger partial charge in [0.2, 0.25) is 11.1 Å². The molecule has 0 radical (unpaired) electrons. The molecular weight excluding hydrogens is 338 g/mol. The smallest absolute Gasteiger partial charge is 0.231 e. The van der Waals surface area contributed by atoms with Crippen LogP contribution >= 0.6 is 27.3 Å². The summed E-state index contributed by atoms with van der Waals surface area (Å²) < 4.78 is 1.04. The molecule has 0 bridgehead atoms. The number of hydrogen-bond acceptors (Lipinski definition) is 6. The Morgan fingerprint density at radius 3 is 2.45 bits per heavy atom. The van der Waals surface area contributed by atoms with E-state index < -0.39 is 0 Å². The first-order chi connectivity index (χ1) is 9.74. The summed E-state index contributed by atoms with van der Waals surface area (Å²) in [5.74, 6) is 0.603. The van der Waals surface area contributed by atoms with E-state index in [4.69, 9.17) is 0 Å². The van der Waals surface area contributed by atoms with Gasteiger partial charge in [0.25, 0.3) is 0 Å². The summed E-state index contributed by atoms with van der Waals surface area (Å²) in [5.41, 5.74) is 1.04. The van der Waals surface area contributed by atoms with E-state index in [9.17, 15) is 0 Å². The van der Waals surface area contributed by atoms with E-state index in [1.54, 1.807) is 18.5 Å². The van der Waals surface area contributed by atoms with Crippen LogP contribution in [-0.4, -0.2) is 27.2 Å². The molecule has 0 aliphatic heterocycles. The second-order valence-corrected chi connectivity index (χ2v) is 5.88. The standard InChI is InChI=1S/C13H10BrN5S/c1-19(12-15-7-2-8-16-12)13-18-17-11(20-13)9-3-5-10(14)6-4-9/h2-8H,1H3. The molecule has 0 aliphatic rings. The molecule has 7 heteroatoms. The first-order valence-corrected chi connectivity index (χ1v) is 7.45. The van der Waals surface area contributed by atoms with Gasteiger partial charge in [-0.2, -0.15) is 0 Å². The van der Waals surface area contributed by atoms with E-state index in [0.717, 1.165) is 20.2 Å². The van der Waals surface area contributed by atoms with Crippen molar-refractivity contribution < 1.29 is 0 Å². The zero-order valence-electron chi connectivity index (χ0n) is 10.6. The highest BCUT2D eigenvalue weighted by Crippen LogP contribution is 2.30. The van der Waals surface area contributed by atoms with Gasteiger partial charge in [0.1, 0.15) is 5.01 Å². The Hall–Kier alpha value is -1.86. The average Bonchev–Trinajstić information content (AvgIpc) is 2.98. The molecule has 0 fully saturated rings. The van der Waals surface area contributed by atoms with Gasteiger partial charge in [-0.25, -0.2) is 9.97 Å². The van der Waals surface area contributed by atoms with Gasteiger partial charge in [0.05, 0.1) is 0 Å². The number of rotatable bonds is 3. The molecule has 0 aliphatic carbocycles. The molecule has 3 rings (SSSR count). The Bertz CT molecular complexity index is 698. The lowest BCUT2D eigenvalue weighted by Gasteiger charge is -2.11. The minimum atomic E-state index is 0.603. The van der Waals surface area contributed by atoms with Gasteiger partial charge in [-0.05, 0) is 18.2 Å². The Morgan fingerprint density at radius 1 is 1.05 bits per heavy atom. The van der Waals surface area contributed by atoms with Crippen molar-refractivity contribution in [3.05, 3.63) is 47.2 Å². The number of nitrogens with zero attached hydrogens (tertiary/aromatic N) is 5. The summed E-state index contributed by atoms with van der Waals surface area (Å²) in [6.45, 7) is 0. The van der Waals surface area contributed by atoms with Crippen molar-refractivity contribution in [2.24, 2.45) is 0 Å². The van der Waals surface area contributed by atoms with Crippen molar-refractivity contribution in [3.8, 4) is 10.6 Å². The van der Waals surface area contributed by atoms with Crippen LogP contribution in [0, 0.1) is 0 Å². The van der Waals surface area contributed by atoms with Crippen molar-refractivity contribution in [2.75, 3.05) is 11.9 Å². The molecular formula is C13H10BrN5S. The van der Waals surface area contributed by atoms with E-state index >= 15 is 0 Å². The Labute approximate surface area is 128 Å². The highest BCUT2D eigenvalue weighted by molar-refractivity contribution is 9.10. The molecule has 2 aromatic heterocycles. The zero-order valence-corrected chi connectivity index (χ0v) is 13.0. The van der Waals surface area contributed by atoms with Gasteiger partial charge in [-0.3, -0.25) is 4.90 Å². The van der Waals surface area contributed by atoms with Crippen LogP contribution in [-0.2, 0) is 0 Å². The summed E-state index contributed by atoms with van der Waals surface area (Å²) in [6, 6.07) is 9.77. The van der Waals surface area contributed by atoms with Crippen molar-refractivity contribution in [3.63, 3.8) is 0 Å². The largest absolute Gasteiger partial charge is 0.288 e. The van der Waals surface area contributed by atoms with Gasteiger partial charge in [-0.15, -0.1) is 10.2 Å². The van der Waals surface area contributed by atoms with E-state index in [2.05, 4.69) is 36.1 Å². The highest BCUT2D eigenvalue weighted by Gasteiger charge is 2.13. The van der Waals surface area contributed by atoms with E-state index in [-0.39, 0.29) is 0 Å². The van der Waals surface area contributed by atoms with E-state index in [1.807, 2.05) is 36.2 Å². The first kappa shape index (κ1) is 13.1. The predicted molar refractivity (Wildman–Crippen MR) is 83.1 cm³/mol. The number of benzene rings is 1.